The second-order valence-electron chi connectivity index (χ2n) is 11.0. The maximum Gasteiger partial charge on any atom is 0.123 e. The van der Waals surface area contributed by atoms with E-state index in [0.29, 0.717) is 5.92 Å². The van der Waals surface area contributed by atoms with E-state index in [1.807, 2.05) is 6.92 Å². The normalized spacial score (nSPS) is 12.8. The van der Waals surface area contributed by atoms with Crippen molar-refractivity contribution < 1.29 is 4.39 Å². The quantitative estimate of drug-likeness (QED) is 0.190. The molecular formula is C38H66FN. The summed E-state index contributed by atoms with van der Waals surface area (Å²) < 4.78 is 12.2. The smallest absolute Gasteiger partial charge is 0.123 e. The maximum atomic E-state index is 12.2. The third-order valence-corrected chi connectivity index (χ3v) is 7.66. The van der Waals surface area contributed by atoms with Crippen molar-refractivity contribution in [3.8, 4) is 0 Å². The van der Waals surface area contributed by atoms with Crippen molar-refractivity contribution in [1.29, 1.82) is 0 Å². The summed E-state index contributed by atoms with van der Waals surface area (Å²) in [7, 11) is 0. The summed E-state index contributed by atoms with van der Waals surface area (Å²) in [6, 6.07) is 6.57. The van der Waals surface area contributed by atoms with Gasteiger partial charge in [-0.2, -0.15) is 0 Å². The Morgan fingerprint density at radius 2 is 1.45 bits per heavy atom. The molecule has 0 amide bonds. The molecule has 40 heavy (non-hydrogen) atoms. The Kier molecular flexibility index (Phi) is 27.4. The highest BCUT2D eigenvalue weighted by Gasteiger charge is 2.10. The summed E-state index contributed by atoms with van der Waals surface area (Å²) in [5.41, 5.74) is 12.1. The third-order valence-electron chi connectivity index (χ3n) is 7.66. The Morgan fingerprint density at radius 1 is 0.850 bits per heavy atom. The second-order valence-corrected chi connectivity index (χ2v) is 11.0. The average molecular weight is 556 g/mol. The monoisotopic (exact) mass is 556 g/mol. The number of hydrogen-bond donors (Lipinski definition) is 1. The lowest BCUT2D eigenvalue weighted by Crippen LogP contribution is -2.08. The van der Waals surface area contributed by atoms with Crippen LogP contribution in [-0.4, -0.2) is 6.54 Å². The molecule has 1 nitrogen and oxygen atoms in total. The summed E-state index contributed by atoms with van der Waals surface area (Å²) in [6.07, 6.45) is 21.7. The average Bonchev–Trinajstić information content (AvgIpc) is 2.98. The third kappa shape index (κ3) is 20.0. The predicted molar refractivity (Wildman–Crippen MR) is 181 cm³/mol. The molecule has 0 radical (unpaired) electrons. The van der Waals surface area contributed by atoms with Crippen molar-refractivity contribution in [3.63, 3.8) is 0 Å². The number of halogens is 1. The van der Waals surface area contributed by atoms with Gasteiger partial charge >= 0.3 is 0 Å². The van der Waals surface area contributed by atoms with Gasteiger partial charge in [0.2, 0.25) is 0 Å². The van der Waals surface area contributed by atoms with Crippen LogP contribution >= 0.6 is 0 Å². The summed E-state index contributed by atoms with van der Waals surface area (Å²) in [5, 5.41) is 0. The number of allylic oxidation sites excluding steroid dienone is 7. The molecule has 0 saturated heterocycles. The topological polar surface area (TPSA) is 26.0 Å². The first-order valence-electron chi connectivity index (χ1n) is 16.4. The van der Waals surface area contributed by atoms with E-state index >= 15 is 0 Å². The fraction of sp³-hybridized carbons (Fsp3) is 0.632. The Hall–Kier alpha value is -1.93. The van der Waals surface area contributed by atoms with E-state index in [4.69, 9.17) is 5.73 Å². The van der Waals surface area contributed by atoms with Crippen LogP contribution in [0.1, 0.15) is 139 Å². The van der Waals surface area contributed by atoms with Crippen molar-refractivity contribution in [3.05, 3.63) is 82.7 Å². The van der Waals surface area contributed by atoms with Crippen LogP contribution in [0, 0.1) is 17.7 Å². The molecule has 1 aromatic rings. The Morgan fingerprint density at radius 3 is 1.82 bits per heavy atom. The van der Waals surface area contributed by atoms with Crippen molar-refractivity contribution in [1.82, 2.24) is 0 Å². The van der Waals surface area contributed by atoms with Crippen molar-refractivity contribution in [2.45, 2.75) is 139 Å². The van der Waals surface area contributed by atoms with Gasteiger partial charge in [0.1, 0.15) is 5.82 Å². The van der Waals surface area contributed by atoms with Gasteiger partial charge in [-0.3, -0.25) is 0 Å². The van der Waals surface area contributed by atoms with E-state index in [1.165, 1.54) is 97.8 Å². The van der Waals surface area contributed by atoms with Gasteiger partial charge in [-0.05, 0) is 111 Å². The highest BCUT2D eigenvalue weighted by atomic mass is 19.1. The summed E-state index contributed by atoms with van der Waals surface area (Å²) in [4.78, 5) is 0. The lowest BCUT2D eigenvalue weighted by molar-refractivity contribution is 0.412. The van der Waals surface area contributed by atoms with Crippen LogP contribution < -0.4 is 5.73 Å². The standard InChI is InChI=1S/C25H44.C8H9F.C5H13N/c1-8-14-17-23(11-4)25(13-6)20-24(12-5)21(7)18-19-22(15-9-2)16-10-3;1-2-7-3-5-8(9)6-4-7;1-3-5(2)4-6/h11-12,20,22H,7-10,13-19H2,1-6H3;3-6H,2H2,1H3;5H,3-4,6H2,1-2H3/b23-11-,24-12+,25-20-;;. The zero-order chi connectivity index (χ0) is 30.8. The molecular weight excluding hydrogens is 489 g/mol. The lowest BCUT2D eigenvalue weighted by atomic mass is 9.88. The fourth-order valence-corrected chi connectivity index (χ4v) is 4.52. The van der Waals surface area contributed by atoms with Crippen molar-refractivity contribution in [2.75, 3.05) is 6.54 Å². The molecule has 0 aliphatic heterocycles. The molecule has 0 bridgehead atoms. The summed E-state index contributed by atoms with van der Waals surface area (Å²) >= 11 is 0. The second kappa shape index (κ2) is 27.3. The van der Waals surface area contributed by atoms with Gasteiger partial charge < -0.3 is 5.73 Å². The van der Waals surface area contributed by atoms with Crippen LogP contribution in [0.3, 0.4) is 0 Å². The van der Waals surface area contributed by atoms with Gasteiger partial charge in [-0.1, -0.05) is 124 Å². The molecule has 1 atom stereocenters. The zero-order valence-electron chi connectivity index (χ0n) is 28.1. The predicted octanol–water partition coefficient (Wildman–Crippen LogP) is 12.3. The largest absolute Gasteiger partial charge is 0.330 e. The van der Waals surface area contributed by atoms with Crippen LogP contribution in [0.15, 0.2) is 71.4 Å². The minimum atomic E-state index is -0.160. The fourth-order valence-electron chi connectivity index (χ4n) is 4.52. The SMILES string of the molecule is C=C(CCC(CCC)CCC)C(/C=C(CC)\C(=C/C)CCCC)=C/C.CCC(C)CN.CCc1ccc(F)cc1. The first kappa shape index (κ1) is 40.2. The number of hydrogen-bond acceptors (Lipinski definition) is 1. The molecule has 0 fully saturated rings. The van der Waals surface area contributed by atoms with Crippen molar-refractivity contribution >= 4 is 0 Å². The number of nitrogens with two attached hydrogens (primary N) is 1. The molecule has 0 aromatic heterocycles. The molecule has 2 N–H and O–H groups in total. The molecule has 1 aromatic carbocycles. The molecule has 1 rings (SSSR count). The van der Waals surface area contributed by atoms with E-state index < -0.39 is 0 Å². The molecule has 2 heteroatoms. The molecule has 0 saturated carbocycles. The highest BCUT2D eigenvalue weighted by molar-refractivity contribution is 5.44. The summed E-state index contributed by atoms with van der Waals surface area (Å²) in [5.74, 6) is 1.42. The minimum Gasteiger partial charge on any atom is -0.330 e. The first-order chi connectivity index (χ1) is 19.2. The lowest BCUT2D eigenvalue weighted by Gasteiger charge is -2.17. The van der Waals surface area contributed by atoms with E-state index in [0.717, 1.165) is 31.7 Å². The van der Waals surface area contributed by atoms with Gasteiger partial charge in [0.05, 0.1) is 0 Å². The molecule has 0 aliphatic rings. The van der Waals surface area contributed by atoms with E-state index in [-0.39, 0.29) is 5.82 Å². The minimum absolute atomic E-state index is 0.160. The van der Waals surface area contributed by atoms with Gasteiger partial charge in [0, 0.05) is 0 Å². The highest BCUT2D eigenvalue weighted by Crippen LogP contribution is 2.28. The first-order valence-corrected chi connectivity index (χ1v) is 16.4. The molecule has 230 valence electrons. The van der Waals surface area contributed by atoms with Crippen LogP contribution in [-0.2, 0) is 6.42 Å². The Balaban J connectivity index is 0. The van der Waals surface area contributed by atoms with Crippen LogP contribution in [0.4, 0.5) is 4.39 Å². The molecule has 0 spiro atoms. The van der Waals surface area contributed by atoms with Crippen LogP contribution in [0.5, 0.6) is 0 Å². The van der Waals surface area contributed by atoms with E-state index in [9.17, 15) is 4.39 Å². The number of rotatable bonds is 17. The van der Waals surface area contributed by atoms with Gasteiger partial charge in [-0.25, -0.2) is 4.39 Å². The van der Waals surface area contributed by atoms with Crippen molar-refractivity contribution in [2.24, 2.45) is 17.6 Å². The van der Waals surface area contributed by atoms with Crippen LogP contribution in [0.25, 0.3) is 0 Å². The van der Waals surface area contributed by atoms with E-state index in [1.54, 1.807) is 12.1 Å². The molecule has 0 aliphatic carbocycles. The Bertz CT molecular complexity index is 818. The summed E-state index contributed by atoms with van der Waals surface area (Å²) in [6.45, 7) is 25.1. The number of unbranched alkanes of at least 4 members (excludes halogenated alkanes) is 1. The van der Waals surface area contributed by atoms with Gasteiger partial charge in [0.25, 0.3) is 0 Å². The van der Waals surface area contributed by atoms with Gasteiger partial charge in [0.15, 0.2) is 0 Å². The van der Waals surface area contributed by atoms with Gasteiger partial charge in [-0.15, -0.1) is 0 Å². The Labute approximate surface area is 250 Å². The maximum absolute atomic E-state index is 12.2. The molecule has 0 heterocycles. The molecule has 1 unspecified atom stereocenters. The zero-order valence-corrected chi connectivity index (χ0v) is 28.1. The van der Waals surface area contributed by atoms with Crippen LogP contribution in [0.2, 0.25) is 0 Å². The number of benzene rings is 1. The number of aryl methyl sites for hydroxylation is 1. The van der Waals surface area contributed by atoms with E-state index in [2.05, 4.69) is 80.2 Å².